The number of nitrogens with zero attached hydrogens (tertiary/aromatic N) is 3. The molecular formula is C31H25ClF3N3O4S. The second-order valence-electron chi connectivity index (χ2n) is 10.9. The highest BCUT2D eigenvalue weighted by Crippen LogP contribution is 2.36. The van der Waals surface area contributed by atoms with E-state index in [9.17, 15) is 27.6 Å². The second-order valence-corrected chi connectivity index (χ2v) is 12.3. The quantitative estimate of drug-likeness (QED) is 0.159. The first-order valence-electron chi connectivity index (χ1n) is 13.1. The SMILES string of the molecule is CC(C)(C)OC(=O)c1ccc(CN2C(=O)S/C(=C\c3ccc4c(cnn4Cc4ccc(Cl)cc4C(F)(F)F)c3)C2=O)cc1. The molecule has 2 heterocycles. The molecule has 0 bridgehead atoms. The van der Waals surface area contributed by atoms with E-state index in [2.05, 4.69) is 5.10 Å². The summed E-state index contributed by atoms with van der Waals surface area (Å²) in [5.41, 5.74) is 0.825. The number of carbonyl (C=O) groups excluding carboxylic acids is 3. The van der Waals surface area contributed by atoms with Gasteiger partial charge in [-0.2, -0.15) is 18.3 Å². The number of halogens is 4. The van der Waals surface area contributed by atoms with Gasteiger partial charge in [-0.3, -0.25) is 19.2 Å². The van der Waals surface area contributed by atoms with E-state index in [-0.39, 0.29) is 28.6 Å². The van der Waals surface area contributed by atoms with Crippen LogP contribution < -0.4 is 0 Å². The van der Waals surface area contributed by atoms with Gasteiger partial charge in [-0.25, -0.2) is 4.79 Å². The lowest BCUT2D eigenvalue weighted by molar-refractivity contribution is -0.138. The van der Waals surface area contributed by atoms with Crippen molar-refractivity contribution in [1.82, 2.24) is 14.7 Å². The summed E-state index contributed by atoms with van der Waals surface area (Å²) in [5, 5.41) is 4.48. The zero-order valence-electron chi connectivity index (χ0n) is 23.2. The summed E-state index contributed by atoms with van der Waals surface area (Å²) in [6, 6.07) is 15.3. The number of fused-ring (bicyclic) bond motifs is 1. The number of hydrogen-bond acceptors (Lipinski definition) is 6. The van der Waals surface area contributed by atoms with Crippen molar-refractivity contribution < 1.29 is 32.3 Å². The number of alkyl halides is 3. The fraction of sp³-hybridized carbons (Fsp3) is 0.226. The van der Waals surface area contributed by atoms with Crippen molar-refractivity contribution in [2.24, 2.45) is 0 Å². The van der Waals surface area contributed by atoms with Crippen molar-refractivity contribution in [3.05, 3.63) is 105 Å². The van der Waals surface area contributed by atoms with Crippen LogP contribution in [0.2, 0.25) is 5.02 Å². The van der Waals surface area contributed by atoms with Crippen LogP contribution in [0.1, 0.15) is 53.4 Å². The van der Waals surface area contributed by atoms with Crippen molar-refractivity contribution in [2.75, 3.05) is 0 Å². The van der Waals surface area contributed by atoms with Gasteiger partial charge in [0.2, 0.25) is 0 Å². The van der Waals surface area contributed by atoms with Crippen LogP contribution in [0.3, 0.4) is 0 Å². The largest absolute Gasteiger partial charge is 0.456 e. The average Bonchev–Trinajstić information content (AvgIpc) is 3.43. The lowest BCUT2D eigenvalue weighted by atomic mass is 10.1. The van der Waals surface area contributed by atoms with E-state index in [0.29, 0.717) is 27.6 Å². The Bertz CT molecular complexity index is 1780. The maximum atomic E-state index is 13.6. The zero-order valence-corrected chi connectivity index (χ0v) is 24.8. The van der Waals surface area contributed by atoms with Crippen LogP contribution >= 0.6 is 23.4 Å². The fourth-order valence-corrected chi connectivity index (χ4v) is 5.50. The number of rotatable bonds is 6. The molecule has 0 radical (unpaired) electrons. The number of thioether (sulfide) groups is 1. The molecule has 0 aliphatic carbocycles. The predicted molar refractivity (Wildman–Crippen MR) is 158 cm³/mol. The van der Waals surface area contributed by atoms with Gasteiger partial charge in [0.25, 0.3) is 11.1 Å². The van der Waals surface area contributed by atoms with Crippen molar-refractivity contribution >= 4 is 57.5 Å². The number of hydrogen-bond donors (Lipinski definition) is 0. The van der Waals surface area contributed by atoms with Gasteiger partial charge in [-0.15, -0.1) is 0 Å². The third kappa shape index (κ3) is 6.94. The number of esters is 1. The first kappa shape index (κ1) is 30.4. The average molecular weight is 628 g/mol. The molecule has 222 valence electrons. The van der Waals surface area contributed by atoms with Crippen LogP contribution in [0, 0.1) is 0 Å². The van der Waals surface area contributed by atoms with Crippen molar-refractivity contribution in [1.29, 1.82) is 0 Å². The smallest absolute Gasteiger partial charge is 0.416 e. The van der Waals surface area contributed by atoms with Gasteiger partial charge < -0.3 is 4.74 Å². The van der Waals surface area contributed by atoms with Gasteiger partial charge in [0.05, 0.1) is 40.8 Å². The zero-order chi connectivity index (χ0) is 31.1. The van der Waals surface area contributed by atoms with Crippen molar-refractivity contribution in [3.63, 3.8) is 0 Å². The minimum absolute atomic E-state index is 0.00782. The summed E-state index contributed by atoms with van der Waals surface area (Å²) >= 11 is 6.61. The highest BCUT2D eigenvalue weighted by atomic mass is 35.5. The molecule has 1 aliphatic heterocycles. The second kappa shape index (κ2) is 11.5. The van der Waals surface area contributed by atoms with Crippen molar-refractivity contribution in [2.45, 2.75) is 45.6 Å². The minimum Gasteiger partial charge on any atom is -0.456 e. The summed E-state index contributed by atoms with van der Waals surface area (Å²) in [6.07, 6.45) is -1.44. The van der Waals surface area contributed by atoms with Crippen LogP contribution in [-0.2, 0) is 28.8 Å². The molecule has 0 spiro atoms. The van der Waals surface area contributed by atoms with Gasteiger partial charge in [-0.1, -0.05) is 35.9 Å². The van der Waals surface area contributed by atoms with Crippen LogP contribution in [0.5, 0.6) is 0 Å². The van der Waals surface area contributed by atoms with Crippen LogP contribution in [0.15, 0.2) is 71.8 Å². The molecule has 1 fully saturated rings. The number of imide groups is 1. The minimum atomic E-state index is -4.57. The van der Waals surface area contributed by atoms with Crippen molar-refractivity contribution in [3.8, 4) is 0 Å². The molecular weight excluding hydrogens is 603 g/mol. The first-order chi connectivity index (χ1) is 20.2. The molecule has 4 aromatic rings. The number of ether oxygens (including phenoxy) is 1. The third-order valence-electron chi connectivity index (χ3n) is 6.46. The summed E-state index contributed by atoms with van der Waals surface area (Å²) in [4.78, 5) is 39.4. The molecule has 12 heteroatoms. The Labute approximate surface area is 254 Å². The number of carbonyl (C=O) groups is 3. The topological polar surface area (TPSA) is 81.5 Å². The monoisotopic (exact) mass is 627 g/mol. The van der Waals surface area contributed by atoms with Gasteiger partial charge in [0.15, 0.2) is 0 Å². The highest BCUT2D eigenvalue weighted by molar-refractivity contribution is 8.18. The molecule has 0 N–H and O–H groups in total. The van der Waals surface area contributed by atoms with E-state index >= 15 is 0 Å². The van der Waals surface area contributed by atoms with E-state index in [1.165, 1.54) is 23.0 Å². The highest BCUT2D eigenvalue weighted by Gasteiger charge is 2.35. The summed E-state index contributed by atoms with van der Waals surface area (Å²) < 4.78 is 47.5. The van der Waals surface area contributed by atoms with Crippen LogP contribution in [-0.4, -0.2) is 37.4 Å². The first-order valence-corrected chi connectivity index (χ1v) is 14.3. The van der Waals surface area contributed by atoms with Gasteiger partial charge >= 0.3 is 12.1 Å². The molecule has 2 amide bonds. The van der Waals surface area contributed by atoms with E-state index in [1.54, 1.807) is 69.3 Å². The van der Waals surface area contributed by atoms with Gasteiger partial charge in [-0.05, 0) is 91.7 Å². The van der Waals surface area contributed by atoms with E-state index < -0.39 is 34.5 Å². The van der Waals surface area contributed by atoms with Gasteiger partial charge in [0, 0.05) is 10.4 Å². The molecule has 43 heavy (non-hydrogen) atoms. The van der Waals surface area contributed by atoms with Crippen LogP contribution in [0.25, 0.3) is 17.0 Å². The number of aromatic nitrogens is 2. The molecule has 1 aromatic heterocycles. The Morgan fingerprint density at radius 1 is 1.00 bits per heavy atom. The predicted octanol–water partition coefficient (Wildman–Crippen LogP) is 7.95. The Balaban J connectivity index is 1.30. The summed E-state index contributed by atoms with van der Waals surface area (Å²) in [6.45, 7) is 5.24. The lowest BCUT2D eigenvalue weighted by Gasteiger charge is -2.19. The summed E-state index contributed by atoms with van der Waals surface area (Å²) in [5.74, 6) is -0.920. The molecule has 1 aliphatic rings. The summed E-state index contributed by atoms with van der Waals surface area (Å²) in [7, 11) is 0. The molecule has 0 unspecified atom stereocenters. The Kier molecular flexibility index (Phi) is 8.15. The molecule has 1 saturated heterocycles. The Hall–Kier alpha value is -4.09. The Morgan fingerprint density at radius 2 is 1.72 bits per heavy atom. The molecule has 3 aromatic carbocycles. The van der Waals surface area contributed by atoms with E-state index in [0.717, 1.165) is 22.7 Å². The maximum absolute atomic E-state index is 13.6. The Morgan fingerprint density at radius 3 is 2.40 bits per heavy atom. The van der Waals surface area contributed by atoms with E-state index in [1.807, 2.05) is 0 Å². The normalized spacial score (nSPS) is 15.1. The molecule has 5 rings (SSSR count). The van der Waals surface area contributed by atoms with E-state index in [4.69, 9.17) is 16.3 Å². The van der Waals surface area contributed by atoms with Crippen LogP contribution in [0.4, 0.5) is 18.0 Å². The molecule has 0 atom stereocenters. The lowest BCUT2D eigenvalue weighted by Crippen LogP contribution is -2.27. The molecule has 7 nitrogen and oxygen atoms in total. The maximum Gasteiger partial charge on any atom is 0.416 e. The fourth-order valence-electron chi connectivity index (χ4n) is 4.49. The number of amides is 2. The molecule has 0 saturated carbocycles. The third-order valence-corrected chi connectivity index (χ3v) is 7.61. The standard InChI is InChI=1S/C31H25ClF3N3O4S/c1-30(2,3)42-28(40)20-7-4-18(5-8-20)16-37-27(39)26(43-29(37)41)13-19-6-11-25-22(12-19)15-36-38(25)17-21-9-10-23(32)14-24(21)31(33,34)35/h4-15H,16-17H2,1-3H3/b26-13-. The number of benzene rings is 3. The van der Waals surface area contributed by atoms with Gasteiger partial charge in [0.1, 0.15) is 5.60 Å².